The molecule has 0 saturated heterocycles. The normalized spacial score (nSPS) is 20.7. The number of allylic oxidation sites excluding steroid dienone is 1. The van der Waals surface area contributed by atoms with E-state index in [2.05, 4.69) is 115 Å². The van der Waals surface area contributed by atoms with Crippen molar-refractivity contribution in [2.75, 3.05) is 92.5 Å². The number of benzene rings is 6. The second-order valence-electron chi connectivity index (χ2n) is 29.1. The van der Waals surface area contributed by atoms with Gasteiger partial charge in [0.2, 0.25) is 29.4 Å². The van der Waals surface area contributed by atoms with Crippen LogP contribution in [0.15, 0.2) is 246 Å². The molecule has 6 atom stereocenters. The molecule has 1 aliphatic heterocycles. The van der Waals surface area contributed by atoms with Crippen LogP contribution in [0.4, 0.5) is 0 Å². The number of amides is 1. The van der Waals surface area contributed by atoms with Crippen molar-refractivity contribution >= 4 is 5.91 Å². The highest BCUT2D eigenvalue weighted by Gasteiger charge is 2.57. The van der Waals surface area contributed by atoms with Gasteiger partial charge in [-0.2, -0.15) is 39.9 Å². The van der Waals surface area contributed by atoms with Gasteiger partial charge >= 0.3 is 29.7 Å². The maximum atomic E-state index is 12.3. The van der Waals surface area contributed by atoms with Gasteiger partial charge in [0.1, 0.15) is 39.6 Å². The van der Waals surface area contributed by atoms with Gasteiger partial charge in [-0.25, -0.2) is 4.79 Å². The van der Waals surface area contributed by atoms with Crippen molar-refractivity contribution in [3.05, 3.63) is 319 Å². The van der Waals surface area contributed by atoms with E-state index in [0.29, 0.717) is 54.2 Å². The van der Waals surface area contributed by atoms with Crippen LogP contribution in [0.3, 0.4) is 0 Å². The first-order valence-electron chi connectivity index (χ1n) is 40.4. The molecule has 6 heterocycles. The molecule has 0 spiro atoms. The third-order valence-electron chi connectivity index (χ3n) is 21.4. The molecule has 28 heteroatoms. The highest BCUT2D eigenvalue weighted by molar-refractivity contribution is 5.91. The Bertz CT molecular complexity index is 4640. The van der Waals surface area contributed by atoms with Crippen LogP contribution in [0.2, 0.25) is 0 Å². The van der Waals surface area contributed by atoms with Gasteiger partial charge in [0.05, 0.1) is 75.6 Å². The maximum absolute atomic E-state index is 12.3. The van der Waals surface area contributed by atoms with Crippen molar-refractivity contribution < 1.29 is 73.3 Å². The van der Waals surface area contributed by atoms with Gasteiger partial charge in [0.15, 0.2) is 0 Å². The van der Waals surface area contributed by atoms with E-state index < -0.39 is 11.2 Å². The van der Waals surface area contributed by atoms with Gasteiger partial charge in [0, 0.05) is 107 Å². The lowest BCUT2D eigenvalue weighted by molar-refractivity contribution is -0.116. The smallest absolute Gasteiger partial charge is 0.325 e. The summed E-state index contributed by atoms with van der Waals surface area (Å²) < 4.78 is 46.0. The first kappa shape index (κ1) is 85.3. The minimum Gasteiger partial charge on any atom is -0.475 e. The molecule has 28 nitrogen and oxygen atoms in total. The summed E-state index contributed by atoms with van der Waals surface area (Å²) in [7, 11) is 0. The van der Waals surface area contributed by atoms with Crippen molar-refractivity contribution in [2.24, 2.45) is 5.92 Å². The number of hydrogen-bond donors (Lipinski definition) is 9. The zero-order valence-electron chi connectivity index (χ0n) is 66.7. The van der Waals surface area contributed by atoms with Crippen LogP contribution < -0.4 is 54.5 Å². The number of aromatic amines is 2. The summed E-state index contributed by atoms with van der Waals surface area (Å²) in [5.41, 5.74) is 10.9. The number of H-pyrrole nitrogens is 2. The minimum atomic E-state index is -0.515. The Morgan fingerprint density at radius 3 is 0.850 bits per heavy atom. The molecule has 5 aromatic heterocycles. The van der Waals surface area contributed by atoms with Crippen molar-refractivity contribution in [2.45, 2.75) is 98.2 Å². The van der Waals surface area contributed by atoms with E-state index in [1.807, 2.05) is 135 Å². The van der Waals surface area contributed by atoms with Crippen LogP contribution >= 0.6 is 0 Å². The zero-order valence-corrected chi connectivity index (χ0v) is 66.7. The quantitative estimate of drug-likeness (QED) is 0.0176. The molecule has 120 heavy (non-hydrogen) atoms. The van der Waals surface area contributed by atoms with Crippen LogP contribution in [0, 0.1) is 5.92 Å². The van der Waals surface area contributed by atoms with Crippen LogP contribution in [-0.4, -0.2) is 179 Å². The second kappa shape index (κ2) is 42.2. The van der Waals surface area contributed by atoms with Gasteiger partial charge in [-0.15, -0.1) is 0 Å². The molecule has 1 amide bonds. The molecule has 3 aliphatic carbocycles. The number of aliphatic hydroxyl groups is 6. The Balaban J connectivity index is 0.000000158. The number of rotatable bonds is 36. The summed E-state index contributed by atoms with van der Waals surface area (Å²) in [4.78, 5) is 78.7. The Kier molecular flexibility index (Phi) is 30.0. The summed E-state index contributed by atoms with van der Waals surface area (Å²) in [6, 6.07) is 70.2. The van der Waals surface area contributed by atoms with E-state index in [1.54, 1.807) is 18.2 Å². The first-order chi connectivity index (χ1) is 58.8. The first-order valence-corrected chi connectivity index (χ1v) is 40.4. The Morgan fingerprint density at radius 1 is 0.325 bits per heavy atom. The molecular weight excluding hydrogens is 1530 g/mol. The lowest BCUT2D eigenvalue weighted by Gasteiger charge is -2.54. The molecule has 15 rings (SSSR count). The van der Waals surface area contributed by atoms with Crippen molar-refractivity contribution in [3.8, 4) is 47.6 Å². The molecule has 9 N–H and O–H groups in total. The summed E-state index contributed by atoms with van der Waals surface area (Å²) in [6.07, 6.45) is 3.85. The highest BCUT2D eigenvalue weighted by atomic mass is 16.5. The summed E-state index contributed by atoms with van der Waals surface area (Å²) in [5.74, 6) is -0.0119. The number of ether oxygens (including phenoxy) is 8. The standard InChI is InChI=1S/2C33H38N4O7.C26H23N3O3/c2*1-2-16-43-32-34-24(20-26(36-32)41-17-13-38)30-28(22-9-5-3-6-10-22)31(29(30)23-11-7-4-8-12-23)25-21-27(42-18-14-39)37-33(35-25)44-19-15-40;1-15-12-18(13-20(30)27-15)24-22(16-8-4-2-5-9-16)25(19-14-21(31)29-26(32)28-19)23(24)17-10-6-3-7-11-17/h2*3-12,20-21,28-31,38-40H,2,13-19H2,1H3;2-11,13-14,22-25H,1,12H2,(H,27,30)(H2,28,29,31,32)/t2*28-,29-,30?,31?;22-,23-,24?,25?/m111/s1. The van der Waals surface area contributed by atoms with Gasteiger partial charge < -0.3 is 78.8 Å². The van der Waals surface area contributed by atoms with E-state index in [1.165, 1.54) is 6.07 Å². The third kappa shape index (κ3) is 20.7. The lowest BCUT2D eigenvalue weighted by Crippen LogP contribution is -2.45. The molecule has 0 bridgehead atoms. The number of aromatic nitrogens is 10. The number of carbonyl (C=O) groups excluding carboxylic acids is 1. The molecule has 11 aromatic rings. The predicted octanol–water partition coefficient (Wildman–Crippen LogP) is 10.5. The average Bonchev–Trinajstić information content (AvgIpc) is 0.724. The Morgan fingerprint density at radius 2 is 0.592 bits per heavy atom. The van der Waals surface area contributed by atoms with Crippen molar-refractivity contribution in [1.29, 1.82) is 0 Å². The lowest BCUT2D eigenvalue weighted by atomic mass is 9.49. The van der Waals surface area contributed by atoms with Crippen LogP contribution in [0.5, 0.6) is 47.6 Å². The zero-order chi connectivity index (χ0) is 83.7. The molecule has 6 aromatic carbocycles. The van der Waals surface area contributed by atoms with Crippen LogP contribution in [0.1, 0.15) is 160 Å². The predicted molar refractivity (Wildman–Crippen MR) is 445 cm³/mol. The molecule has 0 radical (unpaired) electrons. The Labute approximate surface area is 694 Å². The largest absolute Gasteiger partial charge is 0.475 e. The highest BCUT2D eigenvalue weighted by Crippen LogP contribution is 2.69. The molecule has 3 saturated carbocycles. The van der Waals surface area contributed by atoms with Gasteiger partial charge in [-0.1, -0.05) is 208 Å². The third-order valence-corrected chi connectivity index (χ3v) is 21.4. The fourth-order valence-electron chi connectivity index (χ4n) is 16.9. The number of nitrogens with zero attached hydrogens (tertiary/aromatic N) is 8. The molecule has 0 unspecified atom stereocenters. The topological polar surface area (TPSA) is 393 Å². The number of aliphatic hydroxyl groups excluding tert-OH is 6. The average molecular weight is 1630 g/mol. The second-order valence-corrected chi connectivity index (χ2v) is 29.1. The number of hydrogen-bond acceptors (Lipinski definition) is 25. The van der Waals surface area contributed by atoms with Crippen LogP contribution in [-0.2, 0) is 4.79 Å². The molecular formula is C92H99N11O17. The summed E-state index contributed by atoms with van der Waals surface area (Å²) in [5, 5.41) is 59.1. The van der Waals surface area contributed by atoms with E-state index in [4.69, 9.17) is 57.8 Å². The molecule has 624 valence electrons. The van der Waals surface area contributed by atoms with Gasteiger partial charge in [0.25, 0.3) is 5.56 Å². The monoisotopic (exact) mass is 1630 g/mol. The van der Waals surface area contributed by atoms with E-state index in [-0.39, 0.29) is 192 Å². The SMILES string of the molecule is C=C1CC(C2[C@@H](c3ccccc3)C(c3cc(=O)[nH]c(=O)[nH]3)[C@@H]2c2ccccc2)=CC(=O)N1.CCCOc1nc(OCCO)cc(C2[C@@H](c3ccccc3)C(c3cc(OCCO)nc(OCCO)n3)[C@@H]2c2ccccc2)n1.CCCOc1nc(OCCO)cc(C2[C@@H](c3ccccc3)C(c3cc(OCCO)nc(OCCO)n3)[C@@H]2c2ccccc2)n1. The van der Waals surface area contributed by atoms with E-state index in [0.717, 1.165) is 63.2 Å². The number of carbonyl (C=O) groups is 1. The summed E-state index contributed by atoms with van der Waals surface area (Å²) in [6.45, 7) is 8.25. The summed E-state index contributed by atoms with van der Waals surface area (Å²) >= 11 is 0. The Hall–Kier alpha value is -12.6. The fraction of sp³-hybridized carbons (Fsp3) is 0.337. The minimum absolute atomic E-state index is 0.0104. The van der Waals surface area contributed by atoms with E-state index in [9.17, 15) is 45.0 Å². The van der Waals surface area contributed by atoms with Gasteiger partial charge in [-0.3, -0.25) is 14.6 Å². The molecule has 4 aliphatic rings. The van der Waals surface area contributed by atoms with Crippen molar-refractivity contribution in [1.82, 2.24) is 55.2 Å². The fourth-order valence-corrected chi connectivity index (χ4v) is 16.9. The van der Waals surface area contributed by atoms with Crippen LogP contribution in [0.25, 0.3) is 0 Å². The van der Waals surface area contributed by atoms with Crippen molar-refractivity contribution in [3.63, 3.8) is 0 Å². The maximum Gasteiger partial charge on any atom is 0.325 e. The van der Waals surface area contributed by atoms with Gasteiger partial charge in [-0.05, 0) is 64.0 Å². The number of nitrogens with one attached hydrogen (secondary N) is 3. The molecule has 3 fully saturated rings. The van der Waals surface area contributed by atoms with E-state index >= 15 is 0 Å².